The first-order chi connectivity index (χ1) is 14.8. The Kier molecular flexibility index (Phi) is 4.70. The van der Waals surface area contributed by atoms with Gasteiger partial charge in [0.2, 0.25) is 0 Å². The summed E-state index contributed by atoms with van der Waals surface area (Å²) >= 11 is 0. The van der Waals surface area contributed by atoms with Crippen LogP contribution in [0.1, 0.15) is 0 Å². The third-order valence-electron chi connectivity index (χ3n) is 5.41. The van der Waals surface area contributed by atoms with Gasteiger partial charge in [-0.2, -0.15) is 0 Å². The number of benzene rings is 4. The minimum atomic E-state index is 1.11. The van der Waals surface area contributed by atoms with Gasteiger partial charge in [-0.05, 0) is 54.6 Å². The standard InChI is InChI=1S/C27H23N3/c1-28(22-12-5-2-6-13-22)26-18-11-19-27-25(26)20-21-29(27)30(23-14-7-3-8-15-23)24-16-9-4-10-17-24/h2-21H,1H3. The Morgan fingerprint density at radius 3 is 1.63 bits per heavy atom. The second-order valence-corrected chi connectivity index (χ2v) is 7.25. The zero-order chi connectivity index (χ0) is 20.3. The second kappa shape index (κ2) is 7.80. The van der Waals surface area contributed by atoms with Crippen LogP contribution in [0, 0.1) is 0 Å². The summed E-state index contributed by atoms with van der Waals surface area (Å²) in [5.41, 5.74) is 5.73. The Hall–Kier alpha value is -3.98. The molecule has 0 radical (unpaired) electrons. The van der Waals surface area contributed by atoms with E-state index in [1.165, 1.54) is 16.8 Å². The summed E-state index contributed by atoms with van der Waals surface area (Å²) in [7, 11) is 2.12. The average molecular weight is 390 g/mol. The van der Waals surface area contributed by atoms with Crippen molar-refractivity contribution in [3.63, 3.8) is 0 Å². The third-order valence-corrected chi connectivity index (χ3v) is 5.41. The van der Waals surface area contributed by atoms with E-state index in [0.29, 0.717) is 0 Å². The minimum absolute atomic E-state index is 1.11. The van der Waals surface area contributed by atoms with Crippen molar-refractivity contribution in [2.24, 2.45) is 0 Å². The van der Waals surface area contributed by atoms with E-state index in [4.69, 9.17) is 0 Å². The van der Waals surface area contributed by atoms with Crippen molar-refractivity contribution >= 4 is 33.7 Å². The molecule has 3 nitrogen and oxygen atoms in total. The van der Waals surface area contributed by atoms with E-state index in [-0.39, 0.29) is 0 Å². The Labute approximate surface area is 177 Å². The fraction of sp³-hybridized carbons (Fsp3) is 0.0370. The Morgan fingerprint density at radius 2 is 1.07 bits per heavy atom. The van der Waals surface area contributed by atoms with Crippen molar-refractivity contribution in [1.29, 1.82) is 0 Å². The maximum absolute atomic E-state index is 2.24. The highest BCUT2D eigenvalue weighted by molar-refractivity contribution is 5.95. The van der Waals surface area contributed by atoms with Crippen molar-refractivity contribution < 1.29 is 0 Å². The van der Waals surface area contributed by atoms with Gasteiger partial charge in [-0.15, -0.1) is 0 Å². The molecule has 1 aromatic heterocycles. The van der Waals surface area contributed by atoms with Crippen LogP contribution in [0.4, 0.5) is 22.7 Å². The number of para-hydroxylation sites is 3. The van der Waals surface area contributed by atoms with Crippen LogP contribution in [0.3, 0.4) is 0 Å². The first-order valence-electron chi connectivity index (χ1n) is 10.1. The van der Waals surface area contributed by atoms with Crippen LogP contribution in [0.25, 0.3) is 10.9 Å². The molecule has 0 spiro atoms. The topological polar surface area (TPSA) is 11.4 Å². The van der Waals surface area contributed by atoms with Gasteiger partial charge in [-0.3, -0.25) is 4.68 Å². The molecule has 0 unspecified atom stereocenters. The lowest BCUT2D eigenvalue weighted by Gasteiger charge is -2.27. The smallest absolute Gasteiger partial charge is 0.0723 e. The van der Waals surface area contributed by atoms with E-state index >= 15 is 0 Å². The number of nitrogens with zero attached hydrogens (tertiary/aromatic N) is 3. The van der Waals surface area contributed by atoms with Crippen LogP contribution in [-0.2, 0) is 0 Å². The predicted molar refractivity (Wildman–Crippen MR) is 127 cm³/mol. The molecule has 3 heteroatoms. The highest BCUT2D eigenvalue weighted by Gasteiger charge is 2.16. The summed E-state index contributed by atoms with van der Waals surface area (Å²) < 4.78 is 2.22. The summed E-state index contributed by atoms with van der Waals surface area (Å²) in [4.78, 5) is 2.24. The zero-order valence-electron chi connectivity index (χ0n) is 16.9. The van der Waals surface area contributed by atoms with Gasteiger partial charge in [0.05, 0.1) is 22.6 Å². The van der Waals surface area contributed by atoms with Gasteiger partial charge in [-0.1, -0.05) is 60.7 Å². The van der Waals surface area contributed by atoms with Gasteiger partial charge in [0.25, 0.3) is 0 Å². The normalized spacial score (nSPS) is 10.8. The van der Waals surface area contributed by atoms with Crippen LogP contribution in [0.5, 0.6) is 0 Å². The lowest BCUT2D eigenvalue weighted by atomic mass is 10.2. The number of aromatic nitrogens is 1. The molecule has 146 valence electrons. The van der Waals surface area contributed by atoms with E-state index in [2.05, 4.69) is 125 Å². The second-order valence-electron chi connectivity index (χ2n) is 7.25. The van der Waals surface area contributed by atoms with E-state index in [9.17, 15) is 0 Å². The van der Waals surface area contributed by atoms with Crippen LogP contribution in [-0.4, -0.2) is 11.7 Å². The van der Waals surface area contributed by atoms with Crippen molar-refractivity contribution in [1.82, 2.24) is 4.68 Å². The first-order valence-corrected chi connectivity index (χ1v) is 10.1. The molecule has 0 aliphatic carbocycles. The molecular weight excluding hydrogens is 366 g/mol. The van der Waals surface area contributed by atoms with Gasteiger partial charge in [0, 0.05) is 24.3 Å². The van der Waals surface area contributed by atoms with Gasteiger partial charge in [0.1, 0.15) is 0 Å². The molecule has 0 saturated heterocycles. The number of hydrogen-bond donors (Lipinski definition) is 0. The Balaban J connectivity index is 1.67. The Morgan fingerprint density at radius 1 is 0.533 bits per heavy atom. The quantitative estimate of drug-likeness (QED) is 0.320. The van der Waals surface area contributed by atoms with Gasteiger partial charge in [0.15, 0.2) is 0 Å². The largest absolute Gasteiger partial charge is 0.344 e. The maximum atomic E-state index is 2.24. The highest BCUT2D eigenvalue weighted by Crippen LogP contribution is 2.34. The van der Waals surface area contributed by atoms with E-state index in [1.54, 1.807) is 0 Å². The van der Waals surface area contributed by atoms with E-state index < -0.39 is 0 Å². The fourth-order valence-corrected chi connectivity index (χ4v) is 3.93. The molecule has 30 heavy (non-hydrogen) atoms. The number of fused-ring (bicyclic) bond motifs is 1. The molecule has 1 heterocycles. The molecule has 5 aromatic rings. The molecule has 5 rings (SSSR count). The monoisotopic (exact) mass is 389 g/mol. The van der Waals surface area contributed by atoms with Gasteiger partial charge >= 0.3 is 0 Å². The van der Waals surface area contributed by atoms with Crippen molar-refractivity contribution in [2.75, 3.05) is 17.0 Å². The maximum Gasteiger partial charge on any atom is 0.0723 e. The van der Waals surface area contributed by atoms with Crippen LogP contribution in [0.15, 0.2) is 121 Å². The third kappa shape index (κ3) is 3.20. The Bertz CT molecular complexity index is 1210. The fourth-order valence-electron chi connectivity index (χ4n) is 3.93. The molecule has 0 bridgehead atoms. The summed E-state index contributed by atoms with van der Waals surface area (Å²) in [6, 6.07) is 40.1. The molecule has 0 fully saturated rings. The van der Waals surface area contributed by atoms with Crippen molar-refractivity contribution in [2.45, 2.75) is 0 Å². The number of hydrogen-bond acceptors (Lipinski definition) is 2. The zero-order valence-corrected chi connectivity index (χ0v) is 16.9. The van der Waals surface area contributed by atoms with Crippen LogP contribution in [0.2, 0.25) is 0 Å². The lowest BCUT2D eigenvalue weighted by Crippen LogP contribution is -2.23. The summed E-state index contributed by atoms with van der Waals surface area (Å²) in [5.74, 6) is 0. The molecule has 0 atom stereocenters. The van der Waals surface area contributed by atoms with Crippen molar-refractivity contribution in [3.8, 4) is 0 Å². The molecule has 0 aliphatic rings. The van der Waals surface area contributed by atoms with E-state index in [0.717, 1.165) is 16.9 Å². The van der Waals surface area contributed by atoms with Crippen molar-refractivity contribution in [3.05, 3.63) is 121 Å². The molecule has 4 aromatic carbocycles. The molecule has 0 N–H and O–H groups in total. The van der Waals surface area contributed by atoms with Crippen LogP contribution >= 0.6 is 0 Å². The van der Waals surface area contributed by atoms with Gasteiger partial charge in [-0.25, -0.2) is 5.01 Å². The minimum Gasteiger partial charge on any atom is -0.344 e. The number of anilines is 4. The number of rotatable bonds is 5. The molecular formula is C27H23N3. The predicted octanol–water partition coefficient (Wildman–Crippen LogP) is 7.01. The highest BCUT2D eigenvalue weighted by atomic mass is 15.5. The van der Waals surface area contributed by atoms with Crippen LogP contribution < -0.4 is 9.91 Å². The lowest BCUT2D eigenvalue weighted by molar-refractivity contribution is 0.854. The molecule has 0 amide bonds. The molecule has 0 aliphatic heterocycles. The average Bonchev–Trinajstić information content (AvgIpc) is 3.25. The van der Waals surface area contributed by atoms with E-state index in [1.807, 2.05) is 18.2 Å². The van der Waals surface area contributed by atoms with Gasteiger partial charge < -0.3 is 4.90 Å². The summed E-state index contributed by atoms with van der Waals surface area (Å²) in [6.07, 6.45) is 2.15. The molecule has 0 saturated carbocycles. The SMILES string of the molecule is CN(c1ccccc1)c1cccc2c1ccn2N(c1ccccc1)c1ccccc1. The summed E-state index contributed by atoms with van der Waals surface area (Å²) in [6.45, 7) is 0. The summed E-state index contributed by atoms with van der Waals surface area (Å²) in [5, 5.41) is 3.45. The first kappa shape index (κ1) is 18.1.